The van der Waals surface area contributed by atoms with Crippen molar-refractivity contribution in [1.29, 1.82) is 0 Å². The fraction of sp³-hybridized carbons (Fsp3) is 0.250. The lowest BCUT2D eigenvalue weighted by molar-refractivity contribution is 0.566. The Kier molecular flexibility index (Phi) is 3.80. The normalized spacial score (nSPS) is 12.2. The number of hydrogen-bond donors (Lipinski definition) is 1. The summed E-state index contributed by atoms with van der Waals surface area (Å²) in [7, 11) is 0. The van der Waals surface area contributed by atoms with Gasteiger partial charge < -0.3 is 5.32 Å². The number of nitrogens with one attached hydrogen (secondary N) is 1. The fourth-order valence-corrected chi connectivity index (χ4v) is 2.10. The third-order valence-corrected chi connectivity index (χ3v) is 2.95. The average molecular weight is 223 g/mol. The van der Waals surface area contributed by atoms with Crippen LogP contribution in [0.5, 0.6) is 0 Å². The Labute approximate surface area is 103 Å². The monoisotopic (exact) mass is 223 g/mol. The molecule has 1 nitrogen and oxygen atoms in total. The largest absolute Gasteiger partial charge is 0.309 e. The molecule has 2 rings (SSSR count). The minimum atomic E-state index is 0.259. The molecule has 86 valence electrons. The van der Waals surface area contributed by atoms with E-state index >= 15 is 0 Å². The van der Waals surface area contributed by atoms with Crippen LogP contribution in [0.1, 0.15) is 24.9 Å². The molecule has 1 heteroatoms. The Hall–Kier alpha value is -1.78. The molecule has 0 heterocycles. The van der Waals surface area contributed by atoms with Crippen LogP contribution in [0.4, 0.5) is 0 Å². The van der Waals surface area contributed by atoms with E-state index in [4.69, 9.17) is 6.42 Å². The van der Waals surface area contributed by atoms with Gasteiger partial charge in [-0.05, 0) is 28.9 Å². The summed E-state index contributed by atoms with van der Waals surface area (Å²) in [6, 6.07) is 15.2. The number of terminal acetylenes is 1. The molecule has 0 aliphatic heterocycles. The summed E-state index contributed by atoms with van der Waals surface area (Å²) in [6.07, 6.45) is 6.15. The van der Waals surface area contributed by atoms with Gasteiger partial charge in [-0.25, -0.2) is 0 Å². The highest BCUT2D eigenvalue weighted by Gasteiger charge is 2.08. The predicted octanol–water partition coefficient (Wildman–Crippen LogP) is 3.51. The topological polar surface area (TPSA) is 12.0 Å². The molecular weight excluding hydrogens is 206 g/mol. The maximum Gasteiger partial charge on any atom is 0.0430 e. The molecule has 0 bridgehead atoms. The third kappa shape index (κ3) is 2.67. The van der Waals surface area contributed by atoms with Gasteiger partial charge in [0.1, 0.15) is 0 Å². The molecule has 1 unspecified atom stereocenters. The van der Waals surface area contributed by atoms with E-state index in [1.54, 1.807) is 0 Å². The number of benzene rings is 2. The first kappa shape index (κ1) is 11.7. The van der Waals surface area contributed by atoms with Crippen molar-refractivity contribution in [3.05, 3.63) is 48.0 Å². The van der Waals surface area contributed by atoms with Crippen molar-refractivity contribution in [2.24, 2.45) is 0 Å². The summed E-state index contributed by atoms with van der Waals surface area (Å²) in [5, 5.41) is 5.96. The Balaban J connectivity index is 2.37. The summed E-state index contributed by atoms with van der Waals surface area (Å²) in [5.41, 5.74) is 1.27. The Morgan fingerprint density at radius 1 is 1.18 bits per heavy atom. The number of rotatable bonds is 4. The first-order valence-electron chi connectivity index (χ1n) is 6.00. The van der Waals surface area contributed by atoms with Crippen molar-refractivity contribution in [2.75, 3.05) is 6.54 Å². The second kappa shape index (κ2) is 5.52. The van der Waals surface area contributed by atoms with Gasteiger partial charge in [-0.3, -0.25) is 0 Å². The van der Waals surface area contributed by atoms with E-state index in [1.807, 2.05) is 0 Å². The van der Waals surface area contributed by atoms with Gasteiger partial charge in [0.05, 0.1) is 0 Å². The van der Waals surface area contributed by atoms with Gasteiger partial charge in [0, 0.05) is 12.5 Å². The van der Waals surface area contributed by atoms with Gasteiger partial charge in [0.25, 0.3) is 0 Å². The Morgan fingerprint density at radius 3 is 2.65 bits per heavy atom. The van der Waals surface area contributed by atoms with Crippen LogP contribution in [0, 0.1) is 12.3 Å². The molecule has 1 N–H and O–H groups in total. The van der Waals surface area contributed by atoms with Crippen LogP contribution < -0.4 is 5.32 Å². The summed E-state index contributed by atoms with van der Waals surface area (Å²) in [4.78, 5) is 0. The van der Waals surface area contributed by atoms with E-state index in [0.717, 1.165) is 13.0 Å². The van der Waals surface area contributed by atoms with Crippen LogP contribution in [-0.4, -0.2) is 6.54 Å². The van der Waals surface area contributed by atoms with Gasteiger partial charge >= 0.3 is 0 Å². The molecule has 2 aromatic carbocycles. The van der Waals surface area contributed by atoms with E-state index in [0.29, 0.717) is 0 Å². The molecule has 0 saturated carbocycles. The molecule has 0 aliphatic carbocycles. The van der Waals surface area contributed by atoms with Crippen molar-refractivity contribution < 1.29 is 0 Å². The van der Waals surface area contributed by atoms with Crippen LogP contribution in [0.2, 0.25) is 0 Å². The molecule has 2 aromatic rings. The van der Waals surface area contributed by atoms with Gasteiger partial charge in [-0.15, -0.1) is 12.3 Å². The molecule has 0 aromatic heterocycles. The fourth-order valence-electron chi connectivity index (χ4n) is 2.10. The molecule has 0 radical (unpaired) electrons. The Bertz CT molecular complexity index is 536. The lowest BCUT2D eigenvalue weighted by Crippen LogP contribution is -2.20. The molecule has 0 aliphatic rings. The van der Waals surface area contributed by atoms with E-state index in [1.165, 1.54) is 16.3 Å². The van der Waals surface area contributed by atoms with Crippen molar-refractivity contribution in [3.8, 4) is 12.3 Å². The maximum absolute atomic E-state index is 5.42. The molecule has 1 atom stereocenters. The lowest BCUT2D eigenvalue weighted by Gasteiger charge is -2.16. The second-order valence-electron chi connectivity index (χ2n) is 4.13. The quantitative estimate of drug-likeness (QED) is 0.782. The van der Waals surface area contributed by atoms with Crippen LogP contribution in [0.15, 0.2) is 42.5 Å². The Morgan fingerprint density at radius 2 is 1.94 bits per heavy atom. The molecule has 17 heavy (non-hydrogen) atoms. The van der Waals surface area contributed by atoms with Gasteiger partial charge in [0.15, 0.2) is 0 Å². The summed E-state index contributed by atoms with van der Waals surface area (Å²) in [5.74, 6) is 2.74. The summed E-state index contributed by atoms with van der Waals surface area (Å²) >= 11 is 0. The molecule has 0 spiro atoms. The van der Waals surface area contributed by atoms with Crippen molar-refractivity contribution >= 4 is 10.8 Å². The lowest BCUT2D eigenvalue weighted by atomic mass is 10.00. The van der Waals surface area contributed by atoms with Crippen LogP contribution in [0.3, 0.4) is 0 Å². The highest BCUT2D eigenvalue weighted by Crippen LogP contribution is 2.22. The van der Waals surface area contributed by atoms with E-state index < -0.39 is 0 Å². The van der Waals surface area contributed by atoms with E-state index in [2.05, 4.69) is 60.6 Å². The second-order valence-corrected chi connectivity index (χ2v) is 4.13. The van der Waals surface area contributed by atoms with Crippen LogP contribution in [0.25, 0.3) is 10.8 Å². The SMILES string of the molecule is C#CCC(NCC)c1ccc2ccccc2c1. The zero-order chi connectivity index (χ0) is 12.1. The standard InChI is InChI=1S/C16H17N/c1-3-7-16(17-4-2)15-11-10-13-8-5-6-9-14(13)12-15/h1,5-6,8-12,16-17H,4,7H2,2H3. The molecule has 0 fully saturated rings. The number of hydrogen-bond acceptors (Lipinski definition) is 1. The molecular formula is C16H17N. The number of fused-ring (bicyclic) bond motifs is 1. The molecule has 0 amide bonds. The zero-order valence-electron chi connectivity index (χ0n) is 10.1. The average Bonchev–Trinajstić information content (AvgIpc) is 2.38. The van der Waals surface area contributed by atoms with Crippen LogP contribution >= 0.6 is 0 Å². The highest BCUT2D eigenvalue weighted by molar-refractivity contribution is 5.83. The van der Waals surface area contributed by atoms with Gasteiger partial charge in [-0.2, -0.15) is 0 Å². The van der Waals surface area contributed by atoms with Crippen LogP contribution in [-0.2, 0) is 0 Å². The first-order valence-corrected chi connectivity index (χ1v) is 6.00. The minimum Gasteiger partial charge on any atom is -0.309 e. The minimum absolute atomic E-state index is 0.259. The van der Waals surface area contributed by atoms with Gasteiger partial charge in [0.2, 0.25) is 0 Å². The van der Waals surface area contributed by atoms with Crippen molar-refractivity contribution in [1.82, 2.24) is 5.32 Å². The first-order chi connectivity index (χ1) is 8.35. The van der Waals surface area contributed by atoms with Crippen molar-refractivity contribution in [2.45, 2.75) is 19.4 Å². The molecule has 0 saturated heterocycles. The highest BCUT2D eigenvalue weighted by atomic mass is 14.9. The van der Waals surface area contributed by atoms with E-state index in [-0.39, 0.29) is 6.04 Å². The zero-order valence-corrected chi connectivity index (χ0v) is 10.1. The van der Waals surface area contributed by atoms with Gasteiger partial charge in [-0.1, -0.05) is 43.3 Å². The maximum atomic E-state index is 5.42. The summed E-state index contributed by atoms with van der Waals surface area (Å²) < 4.78 is 0. The predicted molar refractivity (Wildman–Crippen MR) is 73.8 cm³/mol. The smallest absolute Gasteiger partial charge is 0.0430 e. The van der Waals surface area contributed by atoms with Crippen molar-refractivity contribution in [3.63, 3.8) is 0 Å². The third-order valence-electron chi connectivity index (χ3n) is 2.95. The summed E-state index contributed by atoms with van der Waals surface area (Å²) in [6.45, 7) is 3.03. The van der Waals surface area contributed by atoms with E-state index in [9.17, 15) is 0 Å².